The summed E-state index contributed by atoms with van der Waals surface area (Å²) < 4.78 is 1.37. The van der Waals surface area contributed by atoms with E-state index in [0.29, 0.717) is 0 Å². The zero-order valence-corrected chi connectivity index (χ0v) is 13.3. The standard InChI is InChI=1S/C18H20N2S/c1-3-10-19-17(15-8-7-13(2)20-12-15)16-6-4-5-14-9-11-21-18(14)16/h4-9,11-12,17,19H,3,10H2,1-2H3. The summed E-state index contributed by atoms with van der Waals surface area (Å²) in [4.78, 5) is 4.46. The van der Waals surface area contributed by atoms with Crippen LogP contribution >= 0.6 is 11.3 Å². The van der Waals surface area contributed by atoms with E-state index in [1.807, 2.05) is 24.5 Å². The van der Waals surface area contributed by atoms with Gasteiger partial charge in [-0.15, -0.1) is 11.3 Å². The third-order valence-corrected chi connectivity index (χ3v) is 4.67. The third kappa shape index (κ3) is 2.99. The van der Waals surface area contributed by atoms with Gasteiger partial charge in [-0.1, -0.05) is 31.2 Å². The summed E-state index contributed by atoms with van der Waals surface area (Å²) in [5.74, 6) is 0. The highest BCUT2D eigenvalue weighted by Crippen LogP contribution is 2.32. The predicted octanol–water partition coefficient (Wildman–Crippen LogP) is 4.69. The van der Waals surface area contributed by atoms with Gasteiger partial charge in [0.1, 0.15) is 0 Å². The van der Waals surface area contributed by atoms with Crippen molar-refractivity contribution in [2.45, 2.75) is 26.3 Å². The number of hydrogen-bond acceptors (Lipinski definition) is 3. The third-order valence-electron chi connectivity index (χ3n) is 3.69. The number of thiophene rings is 1. The van der Waals surface area contributed by atoms with Crippen LogP contribution < -0.4 is 5.32 Å². The van der Waals surface area contributed by atoms with Crippen LogP contribution in [-0.4, -0.2) is 11.5 Å². The molecule has 0 radical (unpaired) electrons. The van der Waals surface area contributed by atoms with Gasteiger partial charge in [0.05, 0.1) is 6.04 Å². The number of pyridine rings is 1. The van der Waals surface area contributed by atoms with Crippen LogP contribution in [0.5, 0.6) is 0 Å². The van der Waals surface area contributed by atoms with Gasteiger partial charge in [0, 0.05) is 16.6 Å². The van der Waals surface area contributed by atoms with Crippen LogP contribution in [0.15, 0.2) is 48.0 Å². The van der Waals surface area contributed by atoms with E-state index in [4.69, 9.17) is 0 Å². The molecule has 2 heterocycles. The van der Waals surface area contributed by atoms with Gasteiger partial charge in [0.25, 0.3) is 0 Å². The van der Waals surface area contributed by atoms with Crippen LogP contribution in [0.1, 0.15) is 36.2 Å². The van der Waals surface area contributed by atoms with E-state index in [-0.39, 0.29) is 6.04 Å². The van der Waals surface area contributed by atoms with E-state index in [0.717, 1.165) is 18.7 Å². The smallest absolute Gasteiger partial charge is 0.0606 e. The Labute approximate surface area is 129 Å². The van der Waals surface area contributed by atoms with E-state index >= 15 is 0 Å². The first-order valence-corrected chi connectivity index (χ1v) is 8.29. The van der Waals surface area contributed by atoms with Gasteiger partial charge in [0.2, 0.25) is 0 Å². The summed E-state index contributed by atoms with van der Waals surface area (Å²) in [6.45, 7) is 5.22. The first-order chi connectivity index (χ1) is 10.3. The summed E-state index contributed by atoms with van der Waals surface area (Å²) in [5.41, 5.74) is 3.64. The molecule has 1 N–H and O–H groups in total. The monoisotopic (exact) mass is 296 g/mol. The summed E-state index contributed by atoms with van der Waals surface area (Å²) in [6.07, 6.45) is 3.12. The van der Waals surface area contributed by atoms with Crippen molar-refractivity contribution in [2.24, 2.45) is 0 Å². The van der Waals surface area contributed by atoms with Gasteiger partial charge in [-0.3, -0.25) is 4.98 Å². The fraction of sp³-hybridized carbons (Fsp3) is 0.278. The molecule has 1 unspecified atom stereocenters. The van der Waals surface area contributed by atoms with Crippen molar-refractivity contribution in [3.8, 4) is 0 Å². The number of fused-ring (bicyclic) bond motifs is 1. The molecule has 3 heteroatoms. The summed E-state index contributed by atoms with van der Waals surface area (Å²) in [5, 5.41) is 7.16. The molecule has 0 saturated heterocycles. The van der Waals surface area contributed by atoms with Gasteiger partial charge in [-0.05, 0) is 53.9 Å². The fourth-order valence-electron chi connectivity index (χ4n) is 2.59. The minimum atomic E-state index is 0.209. The molecular formula is C18H20N2S. The maximum atomic E-state index is 4.46. The van der Waals surface area contributed by atoms with E-state index in [1.165, 1.54) is 21.2 Å². The molecule has 2 aromatic heterocycles. The molecular weight excluding hydrogens is 276 g/mol. The zero-order chi connectivity index (χ0) is 14.7. The Bertz CT molecular complexity index is 715. The van der Waals surface area contributed by atoms with Gasteiger partial charge in [0.15, 0.2) is 0 Å². The number of nitrogens with one attached hydrogen (secondary N) is 1. The van der Waals surface area contributed by atoms with Crippen LogP contribution in [0.25, 0.3) is 10.1 Å². The molecule has 108 valence electrons. The van der Waals surface area contributed by atoms with E-state index in [1.54, 1.807) is 0 Å². The summed E-state index contributed by atoms with van der Waals surface area (Å²) >= 11 is 1.81. The van der Waals surface area contributed by atoms with Crippen molar-refractivity contribution in [3.05, 3.63) is 64.8 Å². The second-order valence-electron chi connectivity index (χ2n) is 5.31. The Morgan fingerprint density at radius 1 is 1.19 bits per heavy atom. The van der Waals surface area contributed by atoms with Crippen LogP contribution in [0.3, 0.4) is 0 Å². The van der Waals surface area contributed by atoms with Crippen molar-refractivity contribution < 1.29 is 0 Å². The van der Waals surface area contributed by atoms with Crippen molar-refractivity contribution in [1.82, 2.24) is 10.3 Å². The van der Waals surface area contributed by atoms with Gasteiger partial charge < -0.3 is 5.32 Å². The summed E-state index contributed by atoms with van der Waals surface area (Å²) in [6, 6.07) is 13.2. The maximum Gasteiger partial charge on any atom is 0.0606 e. The van der Waals surface area contributed by atoms with Crippen LogP contribution in [0.2, 0.25) is 0 Å². The fourth-order valence-corrected chi connectivity index (χ4v) is 3.53. The number of rotatable bonds is 5. The molecule has 0 aliphatic rings. The lowest BCUT2D eigenvalue weighted by molar-refractivity contribution is 0.600. The van der Waals surface area contributed by atoms with Gasteiger partial charge in [-0.2, -0.15) is 0 Å². The first-order valence-electron chi connectivity index (χ1n) is 7.41. The number of nitrogens with zero attached hydrogens (tertiary/aromatic N) is 1. The number of hydrogen-bond donors (Lipinski definition) is 1. The Balaban J connectivity index is 2.06. The molecule has 21 heavy (non-hydrogen) atoms. The molecule has 0 aliphatic carbocycles. The lowest BCUT2D eigenvalue weighted by atomic mass is 9.98. The van der Waals surface area contributed by atoms with Gasteiger partial charge >= 0.3 is 0 Å². The molecule has 0 fully saturated rings. The minimum Gasteiger partial charge on any atom is -0.306 e. The lowest BCUT2D eigenvalue weighted by Gasteiger charge is -2.20. The van der Waals surface area contributed by atoms with E-state index < -0.39 is 0 Å². The molecule has 1 atom stereocenters. The first kappa shape index (κ1) is 14.2. The molecule has 2 nitrogen and oxygen atoms in total. The SMILES string of the molecule is CCCNC(c1ccc(C)nc1)c1cccc2ccsc12. The minimum absolute atomic E-state index is 0.209. The Hall–Kier alpha value is -1.71. The molecule has 0 saturated carbocycles. The highest BCUT2D eigenvalue weighted by Gasteiger charge is 2.16. The van der Waals surface area contributed by atoms with Crippen LogP contribution in [0.4, 0.5) is 0 Å². The largest absolute Gasteiger partial charge is 0.306 e. The molecule has 3 rings (SSSR count). The second-order valence-corrected chi connectivity index (χ2v) is 6.22. The predicted molar refractivity (Wildman–Crippen MR) is 90.9 cm³/mol. The maximum absolute atomic E-state index is 4.46. The van der Waals surface area contributed by atoms with Crippen molar-refractivity contribution >= 4 is 21.4 Å². The zero-order valence-electron chi connectivity index (χ0n) is 12.5. The molecule has 0 aliphatic heterocycles. The molecule has 0 bridgehead atoms. The number of benzene rings is 1. The topological polar surface area (TPSA) is 24.9 Å². The molecule has 0 spiro atoms. The Morgan fingerprint density at radius 2 is 2.10 bits per heavy atom. The highest BCUT2D eigenvalue weighted by atomic mass is 32.1. The number of aromatic nitrogens is 1. The molecule has 3 aromatic rings. The van der Waals surface area contributed by atoms with Crippen LogP contribution in [0, 0.1) is 6.92 Å². The summed E-state index contributed by atoms with van der Waals surface area (Å²) in [7, 11) is 0. The Morgan fingerprint density at radius 3 is 2.86 bits per heavy atom. The van der Waals surface area contributed by atoms with Crippen molar-refractivity contribution in [2.75, 3.05) is 6.54 Å². The molecule has 1 aromatic carbocycles. The van der Waals surface area contributed by atoms with Crippen LogP contribution in [-0.2, 0) is 0 Å². The van der Waals surface area contributed by atoms with E-state index in [2.05, 4.69) is 59.0 Å². The second kappa shape index (κ2) is 6.37. The Kier molecular flexibility index (Phi) is 4.32. The average Bonchev–Trinajstić information content (AvgIpc) is 2.98. The highest BCUT2D eigenvalue weighted by molar-refractivity contribution is 7.17. The lowest BCUT2D eigenvalue weighted by Crippen LogP contribution is -2.23. The van der Waals surface area contributed by atoms with Crippen molar-refractivity contribution in [1.29, 1.82) is 0 Å². The van der Waals surface area contributed by atoms with Gasteiger partial charge in [-0.25, -0.2) is 0 Å². The van der Waals surface area contributed by atoms with E-state index in [9.17, 15) is 0 Å². The van der Waals surface area contributed by atoms with Crippen molar-refractivity contribution in [3.63, 3.8) is 0 Å². The average molecular weight is 296 g/mol. The quantitative estimate of drug-likeness (QED) is 0.738. The number of aryl methyl sites for hydroxylation is 1. The normalized spacial score (nSPS) is 12.7. The molecule has 0 amide bonds.